The summed E-state index contributed by atoms with van der Waals surface area (Å²) in [5, 5.41) is 5.93. The summed E-state index contributed by atoms with van der Waals surface area (Å²) in [5.74, 6) is -0.207. The van der Waals surface area contributed by atoms with Crippen molar-refractivity contribution < 1.29 is 22.7 Å². The van der Waals surface area contributed by atoms with Gasteiger partial charge in [-0.05, 0) is 0 Å². The van der Waals surface area contributed by atoms with Gasteiger partial charge in [0, 0.05) is 18.2 Å². The molecule has 1 aliphatic rings. The number of hydrogen-bond acceptors (Lipinski definition) is 6. The fraction of sp³-hybridized carbons (Fsp3) is 0.167. The molecule has 1 aliphatic heterocycles. The lowest BCUT2D eigenvalue weighted by molar-refractivity contribution is 0.0995. The first-order valence-electron chi connectivity index (χ1n) is 6.34. The third-order valence-corrected chi connectivity index (χ3v) is 4.79. The minimum Gasteiger partial charge on any atom is -0.486 e. The number of halogens is 1. The number of H-pyrrole nitrogens is 1. The summed E-state index contributed by atoms with van der Waals surface area (Å²) in [6.07, 6.45) is 0. The first-order chi connectivity index (χ1) is 10.9. The lowest BCUT2D eigenvalue weighted by atomic mass is 10.3. The number of rotatable bonds is 4. The molecule has 4 N–H and O–H groups in total. The van der Waals surface area contributed by atoms with E-state index in [2.05, 4.69) is 14.9 Å². The zero-order chi connectivity index (χ0) is 16.6. The standard InChI is InChI=1S/C12H11ClN4O5S/c13-6-3-8-9(22-2-1-21-8)5-10(6)23(19,20)17-11-4-7(12(14)18)15-16-11/h3-5H,1-2H2,(H2,14,18)(H2,15,16,17). The molecule has 2 heterocycles. The summed E-state index contributed by atoms with van der Waals surface area (Å²) in [6, 6.07) is 3.80. The molecule has 0 fully saturated rings. The lowest BCUT2D eigenvalue weighted by Crippen LogP contribution is -2.18. The fourth-order valence-corrected chi connectivity index (χ4v) is 3.47. The van der Waals surface area contributed by atoms with Crippen LogP contribution in [0.25, 0.3) is 0 Å². The number of primary amides is 1. The molecular formula is C12H11ClN4O5S. The number of fused-ring (bicyclic) bond motifs is 1. The van der Waals surface area contributed by atoms with Crippen molar-refractivity contribution in [3.8, 4) is 11.5 Å². The maximum atomic E-state index is 12.4. The van der Waals surface area contributed by atoms with Gasteiger partial charge >= 0.3 is 0 Å². The Kier molecular flexibility index (Phi) is 3.78. The van der Waals surface area contributed by atoms with Crippen LogP contribution >= 0.6 is 11.6 Å². The molecule has 0 bridgehead atoms. The Morgan fingerprint density at radius 3 is 2.52 bits per heavy atom. The number of aromatic nitrogens is 2. The van der Waals surface area contributed by atoms with Crippen LogP contribution in [0, 0.1) is 0 Å². The number of hydrogen-bond donors (Lipinski definition) is 3. The summed E-state index contributed by atoms with van der Waals surface area (Å²) in [4.78, 5) is 10.8. The summed E-state index contributed by atoms with van der Waals surface area (Å²) in [6.45, 7) is 0.666. The van der Waals surface area contributed by atoms with E-state index < -0.39 is 15.9 Å². The van der Waals surface area contributed by atoms with Gasteiger partial charge in [0.05, 0.1) is 5.02 Å². The zero-order valence-electron chi connectivity index (χ0n) is 11.5. The Morgan fingerprint density at radius 2 is 1.91 bits per heavy atom. The van der Waals surface area contributed by atoms with Gasteiger partial charge in [0.2, 0.25) is 0 Å². The Balaban J connectivity index is 1.94. The van der Waals surface area contributed by atoms with Crippen molar-refractivity contribution >= 4 is 33.3 Å². The number of anilines is 1. The van der Waals surface area contributed by atoms with Gasteiger partial charge in [-0.1, -0.05) is 11.6 Å². The van der Waals surface area contributed by atoms with E-state index in [1.54, 1.807) is 0 Å². The molecule has 0 atom stereocenters. The van der Waals surface area contributed by atoms with E-state index in [0.29, 0.717) is 19.0 Å². The number of benzene rings is 1. The monoisotopic (exact) mass is 358 g/mol. The molecule has 0 aliphatic carbocycles. The third kappa shape index (κ3) is 3.03. The van der Waals surface area contributed by atoms with Gasteiger partial charge in [-0.15, -0.1) is 0 Å². The highest BCUT2D eigenvalue weighted by atomic mass is 35.5. The number of nitrogens with two attached hydrogens (primary N) is 1. The number of ether oxygens (including phenoxy) is 2. The van der Waals surface area contributed by atoms with Crippen molar-refractivity contribution in [2.75, 3.05) is 17.9 Å². The van der Waals surface area contributed by atoms with Crippen LogP contribution in [0.5, 0.6) is 11.5 Å². The van der Waals surface area contributed by atoms with E-state index in [9.17, 15) is 13.2 Å². The van der Waals surface area contributed by atoms with Gasteiger partial charge in [-0.25, -0.2) is 8.42 Å². The maximum absolute atomic E-state index is 12.4. The van der Waals surface area contributed by atoms with Crippen molar-refractivity contribution in [1.29, 1.82) is 0 Å². The molecule has 0 saturated heterocycles. The topological polar surface area (TPSA) is 136 Å². The number of aromatic amines is 1. The average molecular weight is 359 g/mol. The highest BCUT2D eigenvalue weighted by molar-refractivity contribution is 7.92. The molecule has 0 spiro atoms. The molecule has 2 aromatic rings. The van der Waals surface area contributed by atoms with E-state index in [0.717, 1.165) is 0 Å². The molecular weight excluding hydrogens is 348 g/mol. The zero-order valence-corrected chi connectivity index (χ0v) is 13.1. The predicted octanol–water partition coefficient (Wildman–Crippen LogP) is 0.734. The molecule has 0 unspecified atom stereocenters. The first kappa shape index (κ1) is 15.4. The summed E-state index contributed by atoms with van der Waals surface area (Å²) >= 11 is 6.01. The second-order valence-corrected chi connectivity index (χ2v) is 6.62. The number of carbonyl (C=O) groups excluding carboxylic acids is 1. The molecule has 0 saturated carbocycles. The van der Waals surface area contributed by atoms with Crippen LogP contribution in [0.4, 0.5) is 5.82 Å². The SMILES string of the molecule is NC(=O)c1cc(NS(=O)(=O)c2cc3c(cc2Cl)OCCO3)n[nH]1. The van der Waals surface area contributed by atoms with Crippen molar-refractivity contribution in [2.45, 2.75) is 4.90 Å². The second-order valence-electron chi connectivity index (χ2n) is 4.56. The number of amides is 1. The van der Waals surface area contributed by atoms with Gasteiger partial charge in [-0.3, -0.25) is 14.6 Å². The van der Waals surface area contributed by atoms with E-state index >= 15 is 0 Å². The van der Waals surface area contributed by atoms with E-state index in [4.69, 9.17) is 26.8 Å². The van der Waals surface area contributed by atoms with Crippen LogP contribution in [0.3, 0.4) is 0 Å². The van der Waals surface area contributed by atoms with Crippen molar-refractivity contribution in [1.82, 2.24) is 10.2 Å². The highest BCUT2D eigenvalue weighted by Crippen LogP contribution is 2.37. The maximum Gasteiger partial charge on any atom is 0.266 e. The highest BCUT2D eigenvalue weighted by Gasteiger charge is 2.24. The van der Waals surface area contributed by atoms with Crippen LogP contribution in [0.2, 0.25) is 5.02 Å². The van der Waals surface area contributed by atoms with Gasteiger partial charge in [-0.2, -0.15) is 5.10 Å². The van der Waals surface area contributed by atoms with Crippen molar-refractivity contribution in [3.63, 3.8) is 0 Å². The smallest absolute Gasteiger partial charge is 0.266 e. The average Bonchev–Trinajstić information content (AvgIpc) is 2.94. The predicted molar refractivity (Wildman–Crippen MR) is 80.4 cm³/mol. The largest absolute Gasteiger partial charge is 0.486 e. The van der Waals surface area contributed by atoms with E-state index in [1.165, 1.54) is 18.2 Å². The quantitative estimate of drug-likeness (QED) is 0.737. The van der Waals surface area contributed by atoms with Gasteiger partial charge in [0.25, 0.3) is 15.9 Å². The Bertz CT molecular complexity index is 880. The van der Waals surface area contributed by atoms with Gasteiger partial charge in [0.15, 0.2) is 17.3 Å². The molecule has 0 radical (unpaired) electrons. The Labute approximate surface area is 135 Å². The van der Waals surface area contributed by atoms with Crippen LogP contribution in [-0.2, 0) is 10.0 Å². The molecule has 1 amide bonds. The normalized spacial score (nSPS) is 13.6. The third-order valence-electron chi connectivity index (χ3n) is 2.97. The number of sulfonamides is 1. The fourth-order valence-electron chi connectivity index (χ4n) is 1.94. The minimum atomic E-state index is -4.04. The number of nitrogens with zero attached hydrogens (tertiary/aromatic N) is 1. The molecule has 9 nitrogen and oxygen atoms in total. The van der Waals surface area contributed by atoms with Crippen LogP contribution in [-0.4, -0.2) is 37.7 Å². The second kappa shape index (κ2) is 5.63. The lowest BCUT2D eigenvalue weighted by Gasteiger charge is -2.19. The minimum absolute atomic E-state index is 0.0315. The Hall–Kier alpha value is -2.46. The van der Waals surface area contributed by atoms with Crippen molar-refractivity contribution in [2.24, 2.45) is 5.73 Å². The van der Waals surface area contributed by atoms with E-state index in [-0.39, 0.29) is 27.2 Å². The molecule has 23 heavy (non-hydrogen) atoms. The number of carbonyl (C=O) groups is 1. The summed E-state index contributed by atoms with van der Waals surface area (Å²) < 4.78 is 37.7. The molecule has 1 aromatic heterocycles. The molecule has 3 rings (SSSR count). The summed E-state index contributed by atoms with van der Waals surface area (Å²) in [5.41, 5.74) is 5.03. The molecule has 1 aromatic carbocycles. The first-order valence-corrected chi connectivity index (χ1v) is 8.20. The molecule has 122 valence electrons. The van der Waals surface area contributed by atoms with Crippen LogP contribution in [0.1, 0.15) is 10.5 Å². The van der Waals surface area contributed by atoms with Gasteiger partial charge in [0.1, 0.15) is 23.8 Å². The van der Waals surface area contributed by atoms with Crippen molar-refractivity contribution in [3.05, 3.63) is 28.9 Å². The van der Waals surface area contributed by atoms with Crippen LogP contribution in [0.15, 0.2) is 23.1 Å². The number of nitrogens with one attached hydrogen (secondary N) is 2. The van der Waals surface area contributed by atoms with Crippen LogP contribution < -0.4 is 19.9 Å². The Morgan fingerprint density at radius 1 is 1.26 bits per heavy atom. The van der Waals surface area contributed by atoms with Gasteiger partial charge < -0.3 is 15.2 Å². The molecule has 11 heteroatoms. The van der Waals surface area contributed by atoms with E-state index in [1.807, 2.05) is 0 Å². The summed E-state index contributed by atoms with van der Waals surface area (Å²) in [7, 11) is -4.04.